The van der Waals surface area contributed by atoms with Crippen molar-refractivity contribution in [2.75, 3.05) is 7.11 Å². The Morgan fingerprint density at radius 2 is 2.03 bits per heavy atom. The number of aromatic nitrogens is 2. The first kappa shape index (κ1) is 24.8. The molecule has 0 amide bonds. The van der Waals surface area contributed by atoms with E-state index in [-0.39, 0.29) is 17.2 Å². The number of allylic oxidation sites excluding steroid dienone is 1. The Morgan fingerprint density at radius 3 is 2.68 bits per heavy atom. The minimum absolute atomic E-state index is 0.172. The summed E-state index contributed by atoms with van der Waals surface area (Å²) >= 11 is 0. The number of halogens is 2. The molecule has 34 heavy (non-hydrogen) atoms. The number of aryl methyl sites for hydroxylation is 1. The summed E-state index contributed by atoms with van der Waals surface area (Å²) in [6.45, 7) is 7.36. The monoisotopic (exact) mass is 488 g/mol. The van der Waals surface area contributed by atoms with E-state index in [0.717, 1.165) is 28.8 Å². The molecule has 8 nitrogen and oxygen atoms in total. The van der Waals surface area contributed by atoms with Crippen molar-refractivity contribution in [2.24, 2.45) is 4.99 Å². The highest BCUT2D eigenvalue weighted by molar-refractivity contribution is 7.89. The third-order valence-electron chi connectivity index (χ3n) is 4.89. The van der Waals surface area contributed by atoms with Crippen molar-refractivity contribution in [3.63, 3.8) is 0 Å². The maximum atomic E-state index is 14.0. The van der Waals surface area contributed by atoms with Crippen LogP contribution in [0.2, 0.25) is 0 Å². The van der Waals surface area contributed by atoms with Crippen LogP contribution >= 0.6 is 0 Å². The molecule has 0 aliphatic rings. The number of sulfonamides is 1. The predicted octanol–water partition coefficient (Wildman–Crippen LogP) is 3.57. The maximum Gasteiger partial charge on any atom is 0.264 e. The minimum Gasteiger partial charge on any atom is -0.480 e. The van der Waals surface area contributed by atoms with Gasteiger partial charge in [-0.1, -0.05) is 13.5 Å². The van der Waals surface area contributed by atoms with Gasteiger partial charge in [0.25, 0.3) is 15.6 Å². The zero-order chi connectivity index (χ0) is 25.0. The van der Waals surface area contributed by atoms with Gasteiger partial charge in [-0.05, 0) is 48.2 Å². The predicted molar refractivity (Wildman–Crippen MR) is 125 cm³/mol. The van der Waals surface area contributed by atoms with Crippen molar-refractivity contribution in [2.45, 2.75) is 25.2 Å². The molecule has 178 valence electrons. The first-order valence-corrected chi connectivity index (χ1v) is 11.5. The summed E-state index contributed by atoms with van der Waals surface area (Å²) in [6.07, 6.45) is 5.09. The van der Waals surface area contributed by atoms with Gasteiger partial charge in [0.1, 0.15) is 27.9 Å². The Morgan fingerprint density at radius 1 is 1.29 bits per heavy atom. The second-order valence-electron chi connectivity index (χ2n) is 7.19. The Labute approximate surface area is 195 Å². The van der Waals surface area contributed by atoms with E-state index < -0.39 is 26.6 Å². The van der Waals surface area contributed by atoms with E-state index in [2.05, 4.69) is 21.3 Å². The van der Waals surface area contributed by atoms with Crippen molar-refractivity contribution >= 4 is 27.1 Å². The summed E-state index contributed by atoms with van der Waals surface area (Å²) in [5, 5.41) is 0. The molecule has 2 aromatic heterocycles. The number of aliphatic imine (C=N–C) groups is 1. The molecule has 0 radical (unpaired) electrons. The summed E-state index contributed by atoms with van der Waals surface area (Å²) in [6, 6.07) is 5.22. The summed E-state index contributed by atoms with van der Waals surface area (Å²) < 4.78 is 60.8. The third-order valence-corrected chi connectivity index (χ3v) is 6.32. The molecular weight excluding hydrogens is 466 g/mol. The highest BCUT2D eigenvalue weighted by Gasteiger charge is 2.22. The summed E-state index contributed by atoms with van der Waals surface area (Å²) in [5.41, 5.74) is 2.33. The number of pyridine rings is 1. The topological polar surface area (TPSA) is 102 Å². The van der Waals surface area contributed by atoms with Crippen molar-refractivity contribution in [1.29, 1.82) is 0 Å². The molecule has 0 saturated carbocycles. The third kappa shape index (κ3) is 5.20. The molecule has 0 aliphatic carbocycles. The highest BCUT2D eigenvalue weighted by atomic mass is 32.2. The van der Waals surface area contributed by atoms with Gasteiger partial charge in [-0.3, -0.25) is 13.9 Å². The number of nitrogens with one attached hydrogen (secondary N) is 1. The fraction of sp³-hybridized carbons (Fsp3) is 0.174. The zero-order valence-corrected chi connectivity index (χ0v) is 19.5. The molecule has 0 bridgehead atoms. The van der Waals surface area contributed by atoms with Crippen LogP contribution in [0.5, 0.6) is 0 Å². The fourth-order valence-corrected chi connectivity index (χ4v) is 4.29. The normalized spacial score (nSPS) is 12.6. The van der Waals surface area contributed by atoms with Crippen LogP contribution in [0, 0.1) is 18.6 Å². The average molecular weight is 489 g/mol. The van der Waals surface area contributed by atoms with Crippen LogP contribution in [0.15, 0.2) is 75.9 Å². The van der Waals surface area contributed by atoms with E-state index in [1.165, 1.54) is 30.0 Å². The number of nitrogens with zero attached hydrogens (tertiary/aromatic N) is 3. The van der Waals surface area contributed by atoms with Gasteiger partial charge in [0, 0.05) is 30.7 Å². The SMILES string of the molecule is C=C(NS(=O)(=O)c1ccc(F)cc1F)/C(=N\C=C(/CC)c1cn2c(=O)ccnc2cc1C)OC. The quantitative estimate of drug-likeness (QED) is 0.405. The van der Waals surface area contributed by atoms with Gasteiger partial charge in [-0.15, -0.1) is 0 Å². The van der Waals surface area contributed by atoms with Gasteiger partial charge in [0.05, 0.1) is 7.11 Å². The van der Waals surface area contributed by atoms with E-state index in [4.69, 9.17) is 4.74 Å². The molecule has 11 heteroatoms. The molecule has 0 fully saturated rings. The summed E-state index contributed by atoms with van der Waals surface area (Å²) in [5.74, 6) is -2.33. The fourth-order valence-electron chi connectivity index (χ4n) is 3.20. The summed E-state index contributed by atoms with van der Waals surface area (Å²) in [4.78, 5) is 19.8. The number of methoxy groups -OCH3 is 1. The van der Waals surface area contributed by atoms with Gasteiger partial charge < -0.3 is 4.74 Å². The van der Waals surface area contributed by atoms with Crippen LogP contribution in [-0.4, -0.2) is 30.8 Å². The van der Waals surface area contributed by atoms with Gasteiger partial charge in [-0.2, -0.15) is 0 Å². The van der Waals surface area contributed by atoms with Crippen LogP contribution in [0.3, 0.4) is 0 Å². The number of fused-ring (bicyclic) bond motifs is 1. The van der Waals surface area contributed by atoms with Crippen LogP contribution in [-0.2, 0) is 14.8 Å². The second kappa shape index (κ2) is 9.96. The maximum absolute atomic E-state index is 14.0. The highest BCUT2D eigenvalue weighted by Crippen LogP contribution is 2.23. The van der Waals surface area contributed by atoms with E-state index in [1.807, 2.05) is 13.8 Å². The molecule has 3 rings (SSSR count). The molecule has 1 aromatic carbocycles. The summed E-state index contributed by atoms with van der Waals surface area (Å²) in [7, 11) is -3.15. The molecular formula is C23H22F2N4O4S. The molecule has 0 spiro atoms. The minimum atomic E-state index is -4.41. The number of hydrogen-bond acceptors (Lipinski definition) is 6. The number of rotatable bonds is 7. The molecule has 1 N–H and O–H groups in total. The zero-order valence-electron chi connectivity index (χ0n) is 18.7. The lowest BCUT2D eigenvalue weighted by molar-refractivity contribution is 0.402. The van der Waals surface area contributed by atoms with Crippen LogP contribution in [0.1, 0.15) is 24.5 Å². The lowest BCUT2D eigenvalue weighted by Gasteiger charge is -2.13. The average Bonchev–Trinajstić information content (AvgIpc) is 2.76. The van der Waals surface area contributed by atoms with E-state index in [1.54, 1.807) is 12.3 Å². The largest absolute Gasteiger partial charge is 0.480 e. The Kier molecular flexibility index (Phi) is 7.26. The lowest BCUT2D eigenvalue weighted by atomic mass is 10.0. The number of benzene rings is 1. The van der Waals surface area contributed by atoms with E-state index in [9.17, 15) is 22.0 Å². The number of hydrogen-bond donors (Lipinski definition) is 1. The van der Waals surface area contributed by atoms with Crippen LogP contribution in [0.25, 0.3) is 11.2 Å². The van der Waals surface area contributed by atoms with Gasteiger partial charge in [0.2, 0.25) is 5.90 Å². The molecule has 0 aliphatic heterocycles. The van der Waals surface area contributed by atoms with Crippen LogP contribution < -0.4 is 10.3 Å². The van der Waals surface area contributed by atoms with Crippen molar-refractivity contribution in [3.05, 3.63) is 94.3 Å². The lowest BCUT2D eigenvalue weighted by Crippen LogP contribution is -2.28. The Balaban J connectivity index is 1.95. The van der Waals surface area contributed by atoms with Crippen molar-refractivity contribution in [3.8, 4) is 0 Å². The van der Waals surface area contributed by atoms with Crippen LogP contribution in [0.4, 0.5) is 8.78 Å². The second-order valence-corrected chi connectivity index (χ2v) is 8.84. The molecule has 3 aromatic rings. The standard InChI is InChI=1S/C23H22F2N4O4S/c1-5-16(18-13-29-21(10-14(18)2)26-9-8-22(29)30)12-27-23(33-4)15(3)28-34(31,32)20-7-6-17(24)11-19(20)25/h6-13,28H,3,5H2,1-2,4H3/b16-12+,27-23+. The first-order chi connectivity index (χ1) is 16.1. The van der Waals surface area contributed by atoms with Crippen molar-refractivity contribution < 1.29 is 21.9 Å². The van der Waals surface area contributed by atoms with Gasteiger partial charge in [-0.25, -0.2) is 27.2 Å². The molecule has 0 atom stereocenters. The molecule has 0 saturated heterocycles. The van der Waals surface area contributed by atoms with Gasteiger partial charge in [0.15, 0.2) is 0 Å². The molecule has 0 unspecified atom stereocenters. The first-order valence-electron chi connectivity index (χ1n) is 10.0. The number of ether oxygens (including phenoxy) is 1. The Bertz CT molecular complexity index is 1490. The van der Waals surface area contributed by atoms with Crippen molar-refractivity contribution in [1.82, 2.24) is 14.1 Å². The van der Waals surface area contributed by atoms with E-state index >= 15 is 0 Å². The van der Waals surface area contributed by atoms with E-state index in [0.29, 0.717) is 18.1 Å². The van der Waals surface area contributed by atoms with Gasteiger partial charge >= 0.3 is 0 Å². The smallest absolute Gasteiger partial charge is 0.264 e. The Hall–Kier alpha value is -3.86. The molecule has 2 heterocycles.